The van der Waals surface area contributed by atoms with E-state index in [4.69, 9.17) is 0 Å². The molecule has 1 aromatic carbocycles. The summed E-state index contributed by atoms with van der Waals surface area (Å²) >= 11 is 0. The molecule has 22 heavy (non-hydrogen) atoms. The Morgan fingerprint density at radius 2 is 2.05 bits per heavy atom. The van der Waals surface area contributed by atoms with Gasteiger partial charge in [0.25, 0.3) is 0 Å². The van der Waals surface area contributed by atoms with Crippen LogP contribution in [0.15, 0.2) is 43.1 Å². The van der Waals surface area contributed by atoms with Gasteiger partial charge in [-0.25, -0.2) is 19.0 Å². The number of fused-ring (bicyclic) bond motifs is 1. The predicted octanol–water partition coefficient (Wildman–Crippen LogP) is 2.39. The second-order valence-electron chi connectivity index (χ2n) is 4.58. The minimum Gasteiger partial charge on any atom is -0.306 e. The van der Waals surface area contributed by atoms with Crippen molar-refractivity contribution >= 4 is 22.8 Å². The molecule has 0 saturated carbocycles. The summed E-state index contributed by atoms with van der Waals surface area (Å²) in [5.41, 5.74) is 1.19. The number of aromatic nitrogens is 4. The summed E-state index contributed by atoms with van der Waals surface area (Å²) in [7, 11) is 0. The van der Waals surface area contributed by atoms with Gasteiger partial charge < -0.3 is 5.32 Å². The average molecular weight is 297 g/mol. The van der Waals surface area contributed by atoms with Crippen molar-refractivity contribution in [2.45, 2.75) is 6.92 Å². The summed E-state index contributed by atoms with van der Waals surface area (Å²) < 4.78 is 14.6. The molecule has 6 nitrogen and oxygen atoms in total. The summed E-state index contributed by atoms with van der Waals surface area (Å²) in [6.07, 6.45) is 2.71. The van der Waals surface area contributed by atoms with Crippen molar-refractivity contribution in [3.8, 4) is 5.69 Å². The van der Waals surface area contributed by atoms with E-state index in [1.807, 2.05) is 0 Å². The molecule has 3 rings (SSSR count). The molecule has 2 heterocycles. The zero-order chi connectivity index (χ0) is 15.7. The van der Waals surface area contributed by atoms with Gasteiger partial charge in [0.15, 0.2) is 5.65 Å². The standard InChI is InChI=1S/C15H12FN5O/c1-3-13(22)20-14-12-8-17-21(15(12)19-9(2)18-14)11-6-4-10(16)5-7-11/h3-8H,1H2,2H3,(H,18,19,20,22). The van der Waals surface area contributed by atoms with Crippen LogP contribution < -0.4 is 5.32 Å². The van der Waals surface area contributed by atoms with Crippen molar-refractivity contribution in [3.05, 3.63) is 54.8 Å². The van der Waals surface area contributed by atoms with Crippen LogP contribution in [0.25, 0.3) is 16.7 Å². The third kappa shape index (κ3) is 2.44. The van der Waals surface area contributed by atoms with E-state index in [0.29, 0.717) is 28.4 Å². The normalized spacial score (nSPS) is 10.6. The zero-order valence-electron chi connectivity index (χ0n) is 11.7. The number of carbonyl (C=O) groups excluding carboxylic acids is 1. The Morgan fingerprint density at radius 1 is 1.32 bits per heavy atom. The van der Waals surface area contributed by atoms with Crippen LogP contribution in [0.2, 0.25) is 0 Å². The topological polar surface area (TPSA) is 72.7 Å². The number of anilines is 1. The fourth-order valence-corrected chi connectivity index (χ4v) is 2.05. The summed E-state index contributed by atoms with van der Waals surface area (Å²) in [4.78, 5) is 20.0. The van der Waals surface area contributed by atoms with Crippen LogP contribution in [0, 0.1) is 12.7 Å². The van der Waals surface area contributed by atoms with E-state index in [1.165, 1.54) is 12.1 Å². The Kier molecular flexibility index (Phi) is 3.38. The molecule has 3 aromatic rings. The molecule has 1 N–H and O–H groups in total. The van der Waals surface area contributed by atoms with Crippen LogP contribution in [0.1, 0.15) is 5.82 Å². The molecule has 0 unspecified atom stereocenters. The van der Waals surface area contributed by atoms with Crippen molar-refractivity contribution in [1.82, 2.24) is 19.7 Å². The lowest BCUT2D eigenvalue weighted by Gasteiger charge is -2.06. The molecular weight excluding hydrogens is 285 g/mol. The van der Waals surface area contributed by atoms with Crippen LogP contribution in [-0.2, 0) is 4.79 Å². The van der Waals surface area contributed by atoms with Gasteiger partial charge in [0.2, 0.25) is 5.91 Å². The van der Waals surface area contributed by atoms with Gasteiger partial charge in [-0.15, -0.1) is 0 Å². The first-order valence-electron chi connectivity index (χ1n) is 6.50. The number of nitrogens with one attached hydrogen (secondary N) is 1. The van der Waals surface area contributed by atoms with E-state index < -0.39 is 0 Å². The first-order chi connectivity index (χ1) is 10.6. The van der Waals surface area contributed by atoms with E-state index in [9.17, 15) is 9.18 Å². The summed E-state index contributed by atoms with van der Waals surface area (Å²) in [6.45, 7) is 5.12. The van der Waals surface area contributed by atoms with Gasteiger partial charge in [0.1, 0.15) is 17.5 Å². The van der Waals surface area contributed by atoms with Gasteiger partial charge in [-0.05, 0) is 37.3 Å². The van der Waals surface area contributed by atoms with Crippen LogP contribution in [-0.4, -0.2) is 25.7 Å². The number of nitrogens with zero attached hydrogens (tertiary/aromatic N) is 4. The lowest BCUT2D eigenvalue weighted by Crippen LogP contribution is -2.10. The van der Waals surface area contributed by atoms with Gasteiger partial charge in [-0.1, -0.05) is 6.58 Å². The number of amides is 1. The van der Waals surface area contributed by atoms with Crippen molar-refractivity contribution in [2.75, 3.05) is 5.32 Å². The van der Waals surface area contributed by atoms with E-state index in [1.54, 1.807) is 29.9 Å². The fraction of sp³-hybridized carbons (Fsp3) is 0.0667. The van der Waals surface area contributed by atoms with Crippen molar-refractivity contribution < 1.29 is 9.18 Å². The number of carbonyl (C=O) groups is 1. The maximum Gasteiger partial charge on any atom is 0.248 e. The maximum absolute atomic E-state index is 13.0. The second-order valence-corrected chi connectivity index (χ2v) is 4.58. The first kappa shape index (κ1) is 13.9. The molecule has 0 aliphatic carbocycles. The molecule has 0 fully saturated rings. The molecule has 1 amide bonds. The third-order valence-corrected chi connectivity index (χ3v) is 3.04. The molecule has 0 aliphatic heterocycles. The lowest BCUT2D eigenvalue weighted by atomic mass is 10.3. The van der Waals surface area contributed by atoms with E-state index in [2.05, 4.69) is 27.0 Å². The van der Waals surface area contributed by atoms with E-state index in [0.717, 1.165) is 6.08 Å². The monoisotopic (exact) mass is 297 g/mol. The molecule has 0 atom stereocenters. The van der Waals surface area contributed by atoms with Crippen LogP contribution >= 0.6 is 0 Å². The molecular formula is C15H12FN5O. The Hall–Kier alpha value is -3.09. The van der Waals surface area contributed by atoms with Crippen LogP contribution in [0.3, 0.4) is 0 Å². The van der Waals surface area contributed by atoms with Crippen molar-refractivity contribution in [1.29, 1.82) is 0 Å². The minimum atomic E-state index is -0.367. The fourth-order valence-electron chi connectivity index (χ4n) is 2.05. The van der Waals surface area contributed by atoms with Gasteiger partial charge in [0, 0.05) is 0 Å². The molecule has 0 spiro atoms. The highest BCUT2D eigenvalue weighted by molar-refractivity contribution is 6.03. The number of benzene rings is 1. The van der Waals surface area contributed by atoms with Crippen molar-refractivity contribution in [2.24, 2.45) is 0 Å². The van der Waals surface area contributed by atoms with Crippen molar-refractivity contribution in [3.63, 3.8) is 0 Å². The van der Waals surface area contributed by atoms with E-state index in [-0.39, 0.29) is 11.7 Å². The highest BCUT2D eigenvalue weighted by Crippen LogP contribution is 2.22. The molecule has 0 saturated heterocycles. The smallest absolute Gasteiger partial charge is 0.248 e. The lowest BCUT2D eigenvalue weighted by molar-refractivity contribution is -0.111. The van der Waals surface area contributed by atoms with Crippen LogP contribution in [0.5, 0.6) is 0 Å². The van der Waals surface area contributed by atoms with Gasteiger partial charge in [-0.2, -0.15) is 5.10 Å². The van der Waals surface area contributed by atoms with Gasteiger partial charge in [0.05, 0.1) is 17.3 Å². The Balaban J connectivity index is 2.16. The molecule has 0 radical (unpaired) electrons. The highest BCUT2D eigenvalue weighted by Gasteiger charge is 2.13. The Labute approximate surface area is 125 Å². The Morgan fingerprint density at radius 3 is 2.73 bits per heavy atom. The summed E-state index contributed by atoms with van der Waals surface area (Å²) in [5, 5.41) is 7.46. The highest BCUT2D eigenvalue weighted by atomic mass is 19.1. The first-order valence-corrected chi connectivity index (χ1v) is 6.50. The van der Waals surface area contributed by atoms with E-state index >= 15 is 0 Å². The van der Waals surface area contributed by atoms with Gasteiger partial charge in [-0.3, -0.25) is 4.79 Å². The number of hydrogen-bond acceptors (Lipinski definition) is 4. The zero-order valence-corrected chi connectivity index (χ0v) is 11.7. The maximum atomic E-state index is 13.0. The average Bonchev–Trinajstić information content (AvgIpc) is 2.91. The third-order valence-electron chi connectivity index (χ3n) is 3.04. The summed E-state index contributed by atoms with van der Waals surface area (Å²) in [5.74, 6) is 0.148. The second kappa shape index (κ2) is 5.36. The number of aryl methyl sites for hydroxylation is 1. The van der Waals surface area contributed by atoms with Crippen LogP contribution in [0.4, 0.5) is 10.2 Å². The predicted molar refractivity (Wildman–Crippen MR) is 80.2 cm³/mol. The largest absolute Gasteiger partial charge is 0.306 e. The SMILES string of the molecule is C=CC(=O)Nc1nc(C)nc2c1cnn2-c1ccc(F)cc1. The minimum absolute atomic E-state index is 0.329. The number of hydrogen-bond donors (Lipinski definition) is 1. The number of rotatable bonds is 3. The molecule has 0 bridgehead atoms. The molecule has 110 valence electrons. The molecule has 2 aromatic heterocycles. The summed E-state index contributed by atoms with van der Waals surface area (Å²) in [6, 6.07) is 5.89. The van der Waals surface area contributed by atoms with Gasteiger partial charge >= 0.3 is 0 Å². The molecule has 7 heteroatoms. The number of halogens is 1. The molecule has 0 aliphatic rings. The quantitative estimate of drug-likeness (QED) is 0.753. The Bertz CT molecular complexity index is 870.